The molecule has 0 heterocycles. The summed E-state index contributed by atoms with van der Waals surface area (Å²) in [5, 5.41) is 8.86. The van der Waals surface area contributed by atoms with Gasteiger partial charge in [0.25, 0.3) is 0 Å². The Morgan fingerprint density at radius 2 is 2.08 bits per heavy atom. The highest BCUT2D eigenvalue weighted by atomic mass is 16.4. The van der Waals surface area contributed by atoms with Crippen LogP contribution in [0.1, 0.15) is 26.7 Å². The molecule has 0 aromatic carbocycles. The van der Waals surface area contributed by atoms with Crippen molar-refractivity contribution < 1.29 is 9.90 Å². The van der Waals surface area contributed by atoms with Crippen LogP contribution in [0.15, 0.2) is 0 Å². The van der Waals surface area contributed by atoms with Crippen molar-refractivity contribution >= 4 is 5.97 Å². The zero-order valence-corrected chi connectivity index (χ0v) is 7.71. The monoisotopic (exact) mass is 174 g/mol. The van der Waals surface area contributed by atoms with Crippen LogP contribution in [0.4, 0.5) is 0 Å². The third-order valence-electron chi connectivity index (χ3n) is 2.22. The molecule has 12 heavy (non-hydrogen) atoms. The molecule has 1 atom stereocenters. The van der Waals surface area contributed by atoms with Gasteiger partial charge in [0.05, 0.1) is 0 Å². The topological polar surface area (TPSA) is 89.3 Å². The van der Waals surface area contributed by atoms with Gasteiger partial charge in [-0.15, -0.1) is 0 Å². The van der Waals surface area contributed by atoms with Crippen molar-refractivity contribution in [2.45, 2.75) is 32.2 Å². The van der Waals surface area contributed by atoms with E-state index in [-0.39, 0.29) is 5.92 Å². The number of carbonyl (C=O) groups is 1. The molecule has 0 aliphatic heterocycles. The molecule has 0 aliphatic rings. The van der Waals surface area contributed by atoms with E-state index >= 15 is 0 Å². The molecule has 0 spiro atoms. The number of hydrogen-bond acceptors (Lipinski definition) is 3. The van der Waals surface area contributed by atoms with E-state index in [0.717, 1.165) is 0 Å². The molecule has 5 N–H and O–H groups in total. The number of carboxylic acids is 1. The Morgan fingerprint density at radius 3 is 2.33 bits per heavy atom. The summed E-state index contributed by atoms with van der Waals surface area (Å²) in [6, 6.07) is 0. The van der Waals surface area contributed by atoms with E-state index in [9.17, 15) is 4.79 Å². The summed E-state index contributed by atoms with van der Waals surface area (Å²) in [5.74, 6) is -1.01. The van der Waals surface area contributed by atoms with Crippen LogP contribution in [-0.2, 0) is 4.79 Å². The van der Waals surface area contributed by atoms with Crippen molar-refractivity contribution in [3.05, 3.63) is 0 Å². The molecular formula is C8H18N2O2. The minimum Gasteiger partial charge on any atom is -0.480 e. The second-order valence-corrected chi connectivity index (χ2v) is 3.39. The van der Waals surface area contributed by atoms with E-state index in [0.29, 0.717) is 19.4 Å². The van der Waals surface area contributed by atoms with Crippen LogP contribution in [-0.4, -0.2) is 23.2 Å². The van der Waals surface area contributed by atoms with Gasteiger partial charge >= 0.3 is 5.97 Å². The molecule has 0 aromatic rings. The number of nitrogens with two attached hydrogens (primary N) is 2. The first kappa shape index (κ1) is 11.4. The Balaban J connectivity index is 4.29. The molecule has 72 valence electrons. The normalized spacial score (nSPS) is 16.1. The van der Waals surface area contributed by atoms with E-state index in [2.05, 4.69) is 0 Å². The van der Waals surface area contributed by atoms with Gasteiger partial charge in [-0.05, 0) is 25.3 Å². The largest absolute Gasteiger partial charge is 0.480 e. The number of aliphatic carboxylic acids is 1. The van der Waals surface area contributed by atoms with Crippen LogP contribution in [0.25, 0.3) is 0 Å². The molecule has 0 radical (unpaired) electrons. The molecule has 4 heteroatoms. The fourth-order valence-corrected chi connectivity index (χ4v) is 1.04. The first-order valence-electron chi connectivity index (χ1n) is 4.17. The van der Waals surface area contributed by atoms with Gasteiger partial charge in [0.15, 0.2) is 0 Å². The molecule has 0 saturated carbocycles. The quantitative estimate of drug-likeness (QED) is 0.554. The SMILES string of the molecule is CC(C)C(N)(CCCN)C(=O)O. The lowest BCUT2D eigenvalue weighted by Gasteiger charge is -2.28. The molecule has 0 fully saturated rings. The van der Waals surface area contributed by atoms with Crippen molar-refractivity contribution in [2.24, 2.45) is 17.4 Å². The van der Waals surface area contributed by atoms with Gasteiger partial charge in [-0.25, -0.2) is 0 Å². The van der Waals surface area contributed by atoms with Crippen molar-refractivity contribution in [1.29, 1.82) is 0 Å². The van der Waals surface area contributed by atoms with Gasteiger partial charge in [0, 0.05) is 0 Å². The number of carboxylic acid groups (broad SMARTS) is 1. The zero-order valence-electron chi connectivity index (χ0n) is 7.71. The van der Waals surface area contributed by atoms with Gasteiger partial charge in [0.2, 0.25) is 0 Å². The molecule has 0 amide bonds. The summed E-state index contributed by atoms with van der Waals surface area (Å²) in [4.78, 5) is 10.8. The number of rotatable bonds is 5. The predicted octanol–water partition coefficient (Wildman–Crippen LogP) is 0.163. The van der Waals surface area contributed by atoms with Gasteiger partial charge in [-0.2, -0.15) is 0 Å². The first-order chi connectivity index (χ1) is 5.45. The molecule has 0 aromatic heterocycles. The minimum atomic E-state index is -1.11. The zero-order chi connectivity index (χ0) is 9.78. The van der Waals surface area contributed by atoms with Crippen LogP contribution in [0, 0.1) is 5.92 Å². The van der Waals surface area contributed by atoms with Crippen LogP contribution in [0.2, 0.25) is 0 Å². The maximum atomic E-state index is 10.8. The molecule has 1 unspecified atom stereocenters. The number of hydrogen-bond donors (Lipinski definition) is 3. The summed E-state index contributed by atoms with van der Waals surface area (Å²) < 4.78 is 0. The Morgan fingerprint density at radius 1 is 1.58 bits per heavy atom. The Labute approximate surface area is 72.9 Å². The maximum Gasteiger partial charge on any atom is 0.323 e. The summed E-state index contributed by atoms with van der Waals surface area (Å²) in [5.41, 5.74) is 9.89. The lowest BCUT2D eigenvalue weighted by Crippen LogP contribution is -2.52. The lowest BCUT2D eigenvalue weighted by molar-refractivity contribution is -0.145. The van der Waals surface area contributed by atoms with Crippen LogP contribution < -0.4 is 11.5 Å². The summed E-state index contributed by atoms with van der Waals surface area (Å²) >= 11 is 0. The minimum absolute atomic E-state index is 0.0680. The highest BCUT2D eigenvalue weighted by molar-refractivity contribution is 5.78. The molecule has 0 saturated heterocycles. The van der Waals surface area contributed by atoms with E-state index in [1.165, 1.54) is 0 Å². The second kappa shape index (κ2) is 4.42. The Hall–Kier alpha value is -0.610. The molecule has 0 aliphatic carbocycles. The van der Waals surface area contributed by atoms with Crippen molar-refractivity contribution in [3.63, 3.8) is 0 Å². The fourth-order valence-electron chi connectivity index (χ4n) is 1.04. The highest BCUT2D eigenvalue weighted by Crippen LogP contribution is 2.19. The van der Waals surface area contributed by atoms with Crippen LogP contribution in [0.5, 0.6) is 0 Å². The van der Waals surface area contributed by atoms with E-state index in [4.69, 9.17) is 16.6 Å². The third kappa shape index (κ3) is 2.46. The Bertz CT molecular complexity index is 159. The smallest absolute Gasteiger partial charge is 0.323 e. The maximum absolute atomic E-state index is 10.8. The molecule has 4 nitrogen and oxygen atoms in total. The summed E-state index contributed by atoms with van der Waals surface area (Å²) in [7, 11) is 0. The predicted molar refractivity (Wildman–Crippen MR) is 47.7 cm³/mol. The Kier molecular flexibility index (Phi) is 4.20. The fraction of sp³-hybridized carbons (Fsp3) is 0.875. The van der Waals surface area contributed by atoms with Crippen molar-refractivity contribution in [1.82, 2.24) is 0 Å². The van der Waals surface area contributed by atoms with Gasteiger partial charge in [-0.3, -0.25) is 4.79 Å². The standard InChI is InChI=1S/C8H18N2O2/c1-6(2)8(10,7(11)12)4-3-5-9/h6H,3-5,9-10H2,1-2H3,(H,11,12). The van der Waals surface area contributed by atoms with Gasteiger partial charge in [0.1, 0.15) is 5.54 Å². The van der Waals surface area contributed by atoms with Gasteiger partial charge in [-0.1, -0.05) is 13.8 Å². The molecular weight excluding hydrogens is 156 g/mol. The first-order valence-corrected chi connectivity index (χ1v) is 4.17. The average Bonchev–Trinajstić information content (AvgIpc) is 1.99. The average molecular weight is 174 g/mol. The summed E-state index contributed by atoms with van der Waals surface area (Å²) in [6.45, 7) is 4.11. The van der Waals surface area contributed by atoms with Crippen molar-refractivity contribution in [3.8, 4) is 0 Å². The van der Waals surface area contributed by atoms with Gasteiger partial charge < -0.3 is 16.6 Å². The summed E-state index contributed by atoms with van der Waals surface area (Å²) in [6.07, 6.45) is 1.09. The van der Waals surface area contributed by atoms with E-state index in [1.807, 2.05) is 13.8 Å². The van der Waals surface area contributed by atoms with Crippen LogP contribution in [0.3, 0.4) is 0 Å². The molecule has 0 rings (SSSR count). The second-order valence-electron chi connectivity index (χ2n) is 3.39. The van der Waals surface area contributed by atoms with E-state index < -0.39 is 11.5 Å². The van der Waals surface area contributed by atoms with E-state index in [1.54, 1.807) is 0 Å². The molecule has 0 bridgehead atoms. The van der Waals surface area contributed by atoms with Crippen LogP contribution >= 0.6 is 0 Å². The lowest BCUT2D eigenvalue weighted by atomic mass is 9.83. The highest BCUT2D eigenvalue weighted by Gasteiger charge is 2.36. The third-order valence-corrected chi connectivity index (χ3v) is 2.22. The van der Waals surface area contributed by atoms with Crippen molar-refractivity contribution in [2.75, 3.05) is 6.54 Å².